The van der Waals surface area contributed by atoms with Crippen molar-refractivity contribution in [2.75, 3.05) is 7.11 Å². The lowest BCUT2D eigenvalue weighted by Crippen LogP contribution is -2.19. The fourth-order valence-electron chi connectivity index (χ4n) is 5.30. The summed E-state index contributed by atoms with van der Waals surface area (Å²) in [5, 5.41) is 0. The summed E-state index contributed by atoms with van der Waals surface area (Å²) in [4.78, 5) is 24.3. The van der Waals surface area contributed by atoms with Crippen molar-refractivity contribution in [3.8, 4) is 0 Å². The van der Waals surface area contributed by atoms with E-state index in [-0.39, 0.29) is 17.3 Å². The third-order valence-electron chi connectivity index (χ3n) is 7.83. The van der Waals surface area contributed by atoms with E-state index < -0.39 is 0 Å². The Morgan fingerprint density at radius 3 is 1.22 bits per heavy atom. The lowest BCUT2D eigenvalue weighted by Gasteiger charge is -2.16. The van der Waals surface area contributed by atoms with Crippen molar-refractivity contribution in [2.24, 2.45) is 0 Å². The lowest BCUT2D eigenvalue weighted by atomic mass is 9.90. The minimum atomic E-state index is -0.103. The molecule has 0 aromatic carbocycles. The van der Waals surface area contributed by atoms with Crippen LogP contribution >= 0.6 is 0 Å². The lowest BCUT2D eigenvalue weighted by molar-refractivity contribution is -0.118. The number of carbonyl (C=O) groups is 2. The Bertz CT molecular complexity index is 643. The van der Waals surface area contributed by atoms with E-state index in [4.69, 9.17) is 4.74 Å². The standard InChI is InChI=1S/C33H58O3/c1-4-5-6-7-8-9-10-11-12-13-14-15-16-17-18-19-20-21-22-23-24-25-26-27-30-29(2)31(34)28-32(36-3)33(30)35/h28H,4-27H2,1-3H3. The van der Waals surface area contributed by atoms with E-state index in [1.165, 1.54) is 148 Å². The van der Waals surface area contributed by atoms with Gasteiger partial charge in [0.25, 0.3) is 0 Å². The Morgan fingerprint density at radius 1 is 0.556 bits per heavy atom. The highest BCUT2D eigenvalue weighted by Gasteiger charge is 2.26. The molecule has 1 aliphatic rings. The van der Waals surface area contributed by atoms with Crippen LogP contribution in [0.2, 0.25) is 0 Å². The summed E-state index contributed by atoms with van der Waals surface area (Å²) in [6.45, 7) is 4.05. The number of allylic oxidation sites excluding steroid dienone is 3. The van der Waals surface area contributed by atoms with Crippen LogP contribution in [0.3, 0.4) is 0 Å². The summed E-state index contributed by atoms with van der Waals surface area (Å²) in [7, 11) is 1.45. The molecule has 1 rings (SSSR count). The smallest absolute Gasteiger partial charge is 0.224 e. The van der Waals surface area contributed by atoms with E-state index in [1.807, 2.05) is 0 Å². The average molecular weight is 503 g/mol. The zero-order valence-corrected chi connectivity index (χ0v) is 24.3. The molecule has 0 amide bonds. The van der Waals surface area contributed by atoms with E-state index in [0.717, 1.165) is 12.8 Å². The maximum absolute atomic E-state index is 12.4. The molecule has 208 valence electrons. The quantitative estimate of drug-likeness (QED) is 0.0921. The van der Waals surface area contributed by atoms with Crippen LogP contribution in [-0.2, 0) is 14.3 Å². The number of ether oxygens (including phenoxy) is 1. The van der Waals surface area contributed by atoms with Gasteiger partial charge in [-0.2, -0.15) is 0 Å². The highest BCUT2D eigenvalue weighted by atomic mass is 16.5. The van der Waals surface area contributed by atoms with E-state index in [0.29, 0.717) is 17.6 Å². The van der Waals surface area contributed by atoms with E-state index in [9.17, 15) is 9.59 Å². The van der Waals surface area contributed by atoms with Crippen LogP contribution in [0.4, 0.5) is 0 Å². The summed E-state index contributed by atoms with van der Waals surface area (Å²) in [6, 6.07) is 0. The second-order valence-electron chi connectivity index (χ2n) is 11.0. The van der Waals surface area contributed by atoms with Crippen LogP contribution in [0, 0.1) is 0 Å². The van der Waals surface area contributed by atoms with Crippen LogP contribution in [0.5, 0.6) is 0 Å². The maximum Gasteiger partial charge on any atom is 0.224 e. The van der Waals surface area contributed by atoms with E-state index in [2.05, 4.69) is 6.92 Å². The summed E-state index contributed by atoms with van der Waals surface area (Å²) in [5.41, 5.74) is 1.25. The topological polar surface area (TPSA) is 43.4 Å². The van der Waals surface area contributed by atoms with Gasteiger partial charge in [-0.05, 0) is 19.8 Å². The molecule has 3 heteroatoms. The Hall–Kier alpha value is -1.38. The second kappa shape index (κ2) is 22.8. The molecule has 0 spiro atoms. The molecular formula is C33H58O3. The molecule has 0 saturated heterocycles. The largest absolute Gasteiger partial charge is 0.493 e. The molecule has 0 aliphatic heterocycles. The molecule has 0 saturated carbocycles. The van der Waals surface area contributed by atoms with Crippen LogP contribution in [-0.4, -0.2) is 18.7 Å². The molecule has 0 N–H and O–H groups in total. The Kier molecular flexibility index (Phi) is 20.7. The summed E-state index contributed by atoms with van der Waals surface area (Å²) in [6.07, 6.45) is 33.7. The highest BCUT2D eigenvalue weighted by Crippen LogP contribution is 2.24. The number of Topliss-reactive ketones (excluding diaryl/α,β-unsaturated/α-hetero) is 1. The van der Waals surface area contributed by atoms with Crippen molar-refractivity contribution in [3.63, 3.8) is 0 Å². The van der Waals surface area contributed by atoms with Crippen molar-refractivity contribution in [1.29, 1.82) is 0 Å². The van der Waals surface area contributed by atoms with Gasteiger partial charge >= 0.3 is 0 Å². The first-order chi connectivity index (χ1) is 17.6. The van der Waals surface area contributed by atoms with Crippen molar-refractivity contribution in [2.45, 2.75) is 168 Å². The normalized spacial score (nSPS) is 14.0. The predicted molar refractivity (Wildman–Crippen MR) is 154 cm³/mol. The van der Waals surface area contributed by atoms with E-state index in [1.54, 1.807) is 6.92 Å². The highest BCUT2D eigenvalue weighted by molar-refractivity contribution is 6.21. The molecule has 0 radical (unpaired) electrons. The SMILES string of the molecule is CCCCCCCCCCCCCCCCCCCCCCCCCC1=C(C)C(=O)C=C(OC)C1=O. The molecule has 0 aromatic heterocycles. The molecule has 0 unspecified atom stereocenters. The van der Waals surface area contributed by atoms with Gasteiger partial charge in [-0.25, -0.2) is 0 Å². The number of methoxy groups -OCH3 is 1. The number of rotatable bonds is 25. The van der Waals surface area contributed by atoms with Crippen LogP contribution < -0.4 is 0 Å². The summed E-state index contributed by atoms with van der Waals surface area (Å²) < 4.78 is 5.06. The van der Waals surface area contributed by atoms with Gasteiger partial charge in [0.2, 0.25) is 5.78 Å². The zero-order chi connectivity index (χ0) is 26.3. The first-order valence-corrected chi connectivity index (χ1v) is 15.7. The van der Waals surface area contributed by atoms with Crippen LogP contribution in [0.15, 0.2) is 23.0 Å². The van der Waals surface area contributed by atoms with Crippen molar-refractivity contribution < 1.29 is 14.3 Å². The Morgan fingerprint density at radius 2 is 0.889 bits per heavy atom. The van der Waals surface area contributed by atoms with Crippen molar-refractivity contribution >= 4 is 11.6 Å². The van der Waals surface area contributed by atoms with Gasteiger partial charge in [-0.15, -0.1) is 0 Å². The van der Waals surface area contributed by atoms with Crippen LogP contribution in [0.25, 0.3) is 0 Å². The van der Waals surface area contributed by atoms with Gasteiger partial charge in [-0.1, -0.05) is 148 Å². The molecule has 1 aliphatic carbocycles. The third-order valence-corrected chi connectivity index (χ3v) is 7.83. The van der Waals surface area contributed by atoms with Crippen molar-refractivity contribution in [3.05, 3.63) is 23.0 Å². The zero-order valence-electron chi connectivity index (χ0n) is 24.3. The molecule has 0 heterocycles. The van der Waals surface area contributed by atoms with Gasteiger partial charge in [0, 0.05) is 17.2 Å². The fourth-order valence-corrected chi connectivity index (χ4v) is 5.30. The van der Waals surface area contributed by atoms with Gasteiger partial charge in [0.1, 0.15) is 0 Å². The molecule has 36 heavy (non-hydrogen) atoms. The molecule has 0 bridgehead atoms. The van der Waals surface area contributed by atoms with Gasteiger partial charge in [-0.3, -0.25) is 9.59 Å². The third kappa shape index (κ3) is 15.7. The number of carbonyl (C=O) groups excluding carboxylic acids is 2. The van der Waals surface area contributed by atoms with Crippen molar-refractivity contribution in [1.82, 2.24) is 0 Å². The van der Waals surface area contributed by atoms with E-state index >= 15 is 0 Å². The molecule has 3 nitrogen and oxygen atoms in total. The fraction of sp³-hybridized carbons (Fsp3) is 0.818. The first-order valence-electron chi connectivity index (χ1n) is 15.7. The maximum atomic E-state index is 12.4. The Labute approximate surface area is 223 Å². The minimum Gasteiger partial charge on any atom is -0.493 e. The van der Waals surface area contributed by atoms with Gasteiger partial charge in [0.15, 0.2) is 11.5 Å². The minimum absolute atomic E-state index is 0.0875. The van der Waals surface area contributed by atoms with Gasteiger partial charge in [0.05, 0.1) is 7.11 Å². The molecule has 0 fully saturated rings. The second-order valence-corrected chi connectivity index (χ2v) is 11.0. The predicted octanol–water partition coefficient (Wildman–Crippen LogP) is 10.4. The number of hydrogen-bond acceptors (Lipinski definition) is 3. The molecular weight excluding hydrogens is 444 g/mol. The summed E-state index contributed by atoms with van der Waals surface area (Å²) in [5.74, 6) is -0.00128. The number of unbranched alkanes of at least 4 members (excludes halogenated alkanes) is 22. The van der Waals surface area contributed by atoms with Crippen LogP contribution in [0.1, 0.15) is 168 Å². The van der Waals surface area contributed by atoms with Gasteiger partial charge < -0.3 is 4.74 Å². The molecule has 0 atom stereocenters. The number of ketones is 2. The first kappa shape index (κ1) is 32.6. The summed E-state index contributed by atoms with van der Waals surface area (Å²) >= 11 is 0. The molecule has 0 aromatic rings. The average Bonchev–Trinajstić information content (AvgIpc) is 2.88. The Balaban J connectivity index is 1.80. The number of hydrogen-bond donors (Lipinski definition) is 0. The monoisotopic (exact) mass is 502 g/mol.